The normalized spacial score (nSPS) is 10.8. The highest BCUT2D eigenvalue weighted by Crippen LogP contribution is 2.19. The van der Waals surface area contributed by atoms with Crippen LogP contribution in [0, 0.1) is 0 Å². The topological polar surface area (TPSA) is 68.3 Å². The third-order valence-corrected chi connectivity index (χ3v) is 4.27. The zero-order valence-corrected chi connectivity index (χ0v) is 15.8. The molecule has 1 amide bonds. The van der Waals surface area contributed by atoms with E-state index >= 15 is 0 Å². The molecule has 0 fully saturated rings. The van der Waals surface area contributed by atoms with Gasteiger partial charge in [0, 0.05) is 11.1 Å². The summed E-state index contributed by atoms with van der Waals surface area (Å²) in [6.45, 7) is 3.80. The number of esters is 1. The zero-order chi connectivity index (χ0) is 19.4. The molecule has 6 heteroatoms. The largest absolute Gasteiger partial charge is 0.452 e. The fourth-order valence-electron chi connectivity index (χ4n) is 2.61. The molecule has 0 radical (unpaired) electrons. The van der Waals surface area contributed by atoms with E-state index in [1.165, 1.54) is 0 Å². The minimum atomic E-state index is -0.571. The molecule has 0 unspecified atom stereocenters. The van der Waals surface area contributed by atoms with Crippen LogP contribution in [0.3, 0.4) is 0 Å². The van der Waals surface area contributed by atoms with Crippen LogP contribution in [0.25, 0.3) is 10.9 Å². The number of aromatic nitrogens is 1. The van der Waals surface area contributed by atoms with E-state index in [4.69, 9.17) is 16.3 Å². The Labute approximate surface area is 162 Å². The first kappa shape index (κ1) is 18.9. The molecule has 0 aliphatic carbocycles. The van der Waals surface area contributed by atoms with Crippen molar-refractivity contribution in [1.82, 2.24) is 4.98 Å². The summed E-state index contributed by atoms with van der Waals surface area (Å²) in [7, 11) is 0. The molecule has 0 aliphatic heterocycles. The van der Waals surface area contributed by atoms with E-state index in [0.29, 0.717) is 27.8 Å². The zero-order valence-electron chi connectivity index (χ0n) is 15.0. The molecular weight excluding hydrogens is 364 g/mol. The number of nitrogens with zero attached hydrogens (tertiary/aromatic N) is 1. The molecule has 3 rings (SSSR count). The number of carbonyl (C=O) groups is 2. The van der Waals surface area contributed by atoms with Crippen LogP contribution in [-0.4, -0.2) is 23.5 Å². The first-order chi connectivity index (χ1) is 12.9. The molecular formula is C21H19ClN2O3. The lowest BCUT2D eigenvalue weighted by atomic mass is 10.0. The summed E-state index contributed by atoms with van der Waals surface area (Å²) in [5.41, 5.74) is 2.83. The average Bonchev–Trinajstić information content (AvgIpc) is 2.65. The molecule has 1 N–H and O–H groups in total. The second-order valence-electron chi connectivity index (χ2n) is 6.45. The number of anilines is 1. The maximum Gasteiger partial charge on any atom is 0.338 e. The Balaban J connectivity index is 1.61. The van der Waals surface area contributed by atoms with Crippen LogP contribution in [0.4, 0.5) is 5.69 Å². The number of pyridine rings is 1. The van der Waals surface area contributed by atoms with Crippen LogP contribution in [0.15, 0.2) is 54.6 Å². The molecule has 27 heavy (non-hydrogen) atoms. The maximum atomic E-state index is 12.2. The van der Waals surface area contributed by atoms with Crippen molar-refractivity contribution in [1.29, 1.82) is 0 Å². The van der Waals surface area contributed by atoms with E-state index < -0.39 is 11.9 Å². The van der Waals surface area contributed by atoms with Gasteiger partial charge >= 0.3 is 5.97 Å². The van der Waals surface area contributed by atoms with E-state index in [1.54, 1.807) is 36.4 Å². The van der Waals surface area contributed by atoms with Crippen LogP contribution >= 0.6 is 11.6 Å². The van der Waals surface area contributed by atoms with Crippen LogP contribution in [0.5, 0.6) is 0 Å². The molecule has 3 aromatic rings. The van der Waals surface area contributed by atoms with Gasteiger partial charge in [0.25, 0.3) is 5.91 Å². The number of amides is 1. The van der Waals surface area contributed by atoms with E-state index in [2.05, 4.69) is 24.1 Å². The summed E-state index contributed by atoms with van der Waals surface area (Å²) in [5, 5.41) is 3.89. The monoisotopic (exact) mass is 382 g/mol. The summed E-state index contributed by atoms with van der Waals surface area (Å²) in [5.74, 6) is -0.603. The Morgan fingerprint density at radius 2 is 1.93 bits per heavy atom. The first-order valence-corrected chi connectivity index (χ1v) is 8.93. The van der Waals surface area contributed by atoms with E-state index in [9.17, 15) is 9.59 Å². The van der Waals surface area contributed by atoms with Crippen molar-refractivity contribution in [3.8, 4) is 0 Å². The molecule has 0 saturated heterocycles. The molecule has 1 heterocycles. The Hall–Kier alpha value is -2.92. The SMILES string of the molecule is CC(C)c1cccc(NC(=O)COC(=O)c2ccc3nc(Cl)ccc3c2)c1. The average molecular weight is 383 g/mol. The lowest BCUT2D eigenvalue weighted by Gasteiger charge is -2.10. The summed E-state index contributed by atoms with van der Waals surface area (Å²) in [6, 6.07) is 16.0. The van der Waals surface area contributed by atoms with Gasteiger partial charge in [-0.1, -0.05) is 37.6 Å². The first-order valence-electron chi connectivity index (χ1n) is 8.55. The highest BCUT2D eigenvalue weighted by atomic mass is 35.5. The second kappa shape index (κ2) is 8.18. The van der Waals surface area contributed by atoms with Crippen molar-refractivity contribution in [3.63, 3.8) is 0 Å². The van der Waals surface area contributed by atoms with Gasteiger partial charge in [-0.15, -0.1) is 0 Å². The third kappa shape index (κ3) is 4.83. The van der Waals surface area contributed by atoms with Crippen LogP contribution in [0.1, 0.15) is 35.7 Å². The van der Waals surface area contributed by atoms with Gasteiger partial charge in [-0.2, -0.15) is 0 Å². The lowest BCUT2D eigenvalue weighted by Crippen LogP contribution is -2.21. The Morgan fingerprint density at radius 3 is 2.70 bits per heavy atom. The number of nitrogens with one attached hydrogen (secondary N) is 1. The maximum absolute atomic E-state index is 12.2. The third-order valence-electron chi connectivity index (χ3n) is 4.06. The summed E-state index contributed by atoms with van der Waals surface area (Å²) >= 11 is 5.85. The Kier molecular flexibility index (Phi) is 5.72. The Bertz CT molecular complexity index is 1000. The quantitative estimate of drug-likeness (QED) is 0.508. The van der Waals surface area contributed by atoms with Gasteiger partial charge < -0.3 is 10.1 Å². The van der Waals surface area contributed by atoms with Crippen molar-refractivity contribution in [2.45, 2.75) is 19.8 Å². The van der Waals surface area contributed by atoms with Crippen molar-refractivity contribution in [2.24, 2.45) is 0 Å². The van der Waals surface area contributed by atoms with Gasteiger partial charge in [-0.3, -0.25) is 4.79 Å². The van der Waals surface area contributed by atoms with Gasteiger partial charge in [0.2, 0.25) is 0 Å². The molecule has 1 aromatic heterocycles. The standard InChI is InChI=1S/C21H19ClN2O3/c1-13(2)14-4-3-5-17(11-14)23-20(25)12-27-21(26)16-6-8-18-15(10-16)7-9-19(22)24-18/h3-11,13H,12H2,1-2H3,(H,23,25). The second-order valence-corrected chi connectivity index (χ2v) is 6.83. The van der Waals surface area contributed by atoms with Crippen molar-refractivity contribution >= 4 is 40.1 Å². The molecule has 2 aromatic carbocycles. The van der Waals surface area contributed by atoms with Crippen LogP contribution in [-0.2, 0) is 9.53 Å². The van der Waals surface area contributed by atoms with Gasteiger partial charge in [-0.25, -0.2) is 9.78 Å². The van der Waals surface area contributed by atoms with Crippen molar-refractivity contribution < 1.29 is 14.3 Å². The van der Waals surface area contributed by atoms with Gasteiger partial charge in [0.15, 0.2) is 6.61 Å². The van der Waals surface area contributed by atoms with Gasteiger partial charge in [0.05, 0.1) is 11.1 Å². The number of benzene rings is 2. The smallest absolute Gasteiger partial charge is 0.338 e. The van der Waals surface area contributed by atoms with Crippen molar-refractivity contribution in [3.05, 3.63) is 70.9 Å². The number of hydrogen-bond acceptors (Lipinski definition) is 4. The predicted molar refractivity (Wildman–Crippen MR) is 106 cm³/mol. The molecule has 5 nitrogen and oxygen atoms in total. The van der Waals surface area contributed by atoms with Gasteiger partial charge in [0.1, 0.15) is 5.15 Å². The number of hydrogen-bond donors (Lipinski definition) is 1. The minimum Gasteiger partial charge on any atom is -0.452 e. The fraction of sp³-hybridized carbons (Fsp3) is 0.190. The molecule has 0 saturated carbocycles. The number of carbonyl (C=O) groups excluding carboxylic acids is 2. The fourth-order valence-corrected chi connectivity index (χ4v) is 2.77. The number of halogens is 1. The molecule has 0 bridgehead atoms. The van der Waals surface area contributed by atoms with Crippen LogP contribution < -0.4 is 5.32 Å². The summed E-state index contributed by atoms with van der Waals surface area (Å²) < 4.78 is 5.11. The van der Waals surface area contributed by atoms with E-state index in [0.717, 1.165) is 10.9 Å². The number of fused-ring (bicyclic) bond motifs is 1. The Morgan fingerprint density at radius 1 is 1.11 bits per heavy atom. The molecule has 0 aliphatic rings. The highest BCUT2D eigenvalue weighted by Gasteiger charge is 2.12. The summed E-state index contributed by atoms with van der Waals surface area (Å²) in [6.07, 6.45) is 0. The molecule has 0 atom stereocenters. The lowest BCUT2D eigenvalue weighted by molar-refractivity contribution is -0.119. The minimum absolute atomic E-state index is 0.348. The van der Waals surface area contributed by atoms with E-state index in [-0.39, 0.29) is 6.61 Å². The van der Waals surface area contributed by atoms with Gasteiger partial charge in [-0.05, 0) is 53.9 Å². The predicted octanol–water partition coefficient (Wildman–Crippen LogP) is 4.81. The molecule has 138 valence electrons. The van der Waals surface area contributed by atoms with E-state index in [1.807, 2.05) is 18.2 Å². The number of rotatable bonds is 5. The summed E-state index contributed by atoms with van der Waals surface area (Å²) in [4.78, 5) is 28.4. The van der Waals surface area contributed by atoms with Crippen LogP contribution in [0.2, 0.25) is 5.15 Å². The highest BCUT2D eigenvalue weighted by molar-refractivity contribution is 6.29. The number of ether oxygens (including phenoxy) is 1. The van der Waals surface area contributed by atoms with Crippen molar-refractivity contribution in [2.75, 3.05) is 11.9 Å². The molecule has 0 spiro atoms.